The summed E-state index contributed by atoms with van der Waals surface area (Å²) in [5.41, 5.74) is 1.01. The molecule has 0 saturated carbocycles. The normalized spacial score (nSPS) is 18.4. The van der Waals surface area contributed by atoms with Gasteiger partial charge < -0.3 is 14.6 Å². The Morgan fingerprint density at radius 1 is 1.07 bits per heavy atom. The fourth-order valence-electron chi connectivity index (χ4n) is 4.23. The molecule has 29 heavy (non-hydrogen) atoms. The van der Waals surface area contributed by atoms with E-state index in [1.807, 2.05) is 48.5 Å². The van der Waals surface area contributed by atoms with Gasteiger partial charge in [-0.05, 0) is 47.7 Å². The Kier molecular flexibility index (Phi) is 7.58. The predicted molar refractivity (Wildman–Crippen MR) is 118 cm³/mol. The summed E-state index contributed by atoms with van der Waals surface area (Å²) in [7, 11) is 1.66. The number of rotatable bonds is 8. The molecule has 5 heteroatoms. The molecule has 3 rings (SSSR count). The highest BCUT2D eigenvalue weighted by Crippen LogP contribution is 2.43. The van der Waals surface area contributed by atoms with Crippen molar-refractivity contribution in [3.63, 3.8) is 0 Å². The molecule has 1 N–H and O–H groups in total. The van der Waals surface area contributed by atoms with Gasteiger partial charge >= 0.3 is 0 Å². The van der Waals surface area contributed by atoms with E-state index in [1.54, 1.807) is 7.11 Å². The van der Waals surface area contributed by atoms with Crippen molar-refractivity contribution in [1.29, 1.82) is 0 Å². The van der Waals surface area contributed by atoms with Crippen LogP contribution in [0.4, 0.5) is 0 Å². The van der Waals surface area contributed by atoms with Gasteiger partial charge in [0, 0.05) is 30.6 Å². The minimum atomic E-state index is -1.01. The molecule has 0 spiro atoms. The Bertz CT molecular complexity index is 757. The molecule has 1 aliphatic heterocycles. The number of morpholine rings is 1. The van der Waals surface area contributed by atoms with E-state index >= 15 is 0 Å². The van der Waals surface area contributed by atoms with E-state index in [0.29, 0.717) is 17.4 Å². The lowest BCUT2D eigenvalue weighted by molar-refractivity contribution is -0.0356. The van der Waals surface area contributed by atoms with Crippen LogP contribution in [0, 0.1) is 5.92 Å². The highest BCUT2D eigenvalue weighted by atomic mass is 35.5. The van der Waals surface area contributed by atoms with Gasteiger partial charge in [-0.3, -0.25) is 4.90 Å². The molecule has 0 amide bonds. The van der Waals surface area contributed by atoms with Crippen molar-refractivity contribution in [3.05, 3.63) is 64.7 Å². The molecular weight excluding hydrogens is 386 g/mol. The predicted octanol–water partition coefficient (Wildman–Crippen LogP) is 4.70. The molecule has 2 atom stereocenters. The molecule has 0 radical (unpaired) electrons. The summed E-state index contributed by atoms with van der Waals surface area (Å²) >= 11 is 6.15. The van der Waals surface area contributed by atoms with Crippen LogP contribution >= 0.6 is 11.6 Å². The molecule has 4 nitrogen and oxygen atoms in total. The number of hydrogen-bond acceptors (Lipinski definition) is 4. The molecule has 2 aromatic rings. The molecule has 1 aliphatic rings. The van der Waals surface area contributed by atoms with E-state index in [4.69, 9.17) is 21.1 Å². The summed E-state index contributed by atoms with van der Waals surface area (Å²) in [6.45, 7) is 8.30. The van der Waals surface area contributed by atoms with Crippen LogP contribution in [0.25, 0.3) is 0 Å². The van der Waals surface area contributed by atoms with Crippen molar-refractivity contribution in [2.45, 2.75) is 31.8 Å². The number of hydrogen-bond donors (Lipinski definition) is 1. The number of aliphatic hydroxyl groups is 1. The first-order valence-electron chi connectivity index (χ1n) is 10.3. The first-order chi connectivity index (χ1) is 13.9. The van der Waals surface area contributed by atoms with E-state index < -0.39 is 5.60 Å². The van der Waals surface area contributed by atoms with E-state index in [-0.39, 0.29) is 5.92 Å². The average Bonchev–Trinajstić information content (AvgIpc) is 2.73. The second-order valence-corrected chi connectivity index (χ2v) is 8.70. The van der Waals surface area contributed by atoms with E-state index in [1.165, 1.54) is 0 Å². The summed E-state index contributed by atoms with van der Waals surface area (Å²) in [5, 5.41) is 12.9. The van der Waals surface area contributed by atoms with Crippen molar-refractivity contribution < 1.29 is 14.6 Å². The van der Waals surface area contributed by atoms with Gasteiger partial charge in [0.2, 0.25) is 0 Å². The SMILES string of the molecule is COc1ccc([C@](O)(CC(C)C)[C@H](CN2CCOCC2)c2ccc(Cl)cc2)cc1. The molecule has 158 valence electrons. The molecule has 0 aliphatic carbocycles. The van der Waals surface area contributed by atoms with Gasteiger partial charge in [-0.1, -0.05) is 49.7 Å². The minimum Gasteiger partial charge on any atom is -0.497 e. The molecule has 0 aromatic heterocycles. The topological polar surface area (TPSA) is 41.9 Å². The number of ether oxygens (including phenoxy) is 2. The first-order valence-corrected chi connectivity index (χ1v) is 10.7. The summed E-state index contributed by atoms with van der Waals surface area (Å²) in [5.74, 6) is 1.03. The number of benzene rings is 2. The molecule has 1 fully saturated rings. The maximum absolute atomic E-state index is 12.2. The van der Waals surface area contributed by atoms with Crippen LogP contribution in [-0.4, -0.2) is 50.0 Å². The zero-order valence-electron chi connectivity index (χ0n) is 17.6. The van der Waals surface area contributed by atoms with E-state index in [2.05, 4.69) is 18.7 Å². The standard InChI is InChI=1S/C24H32ClNO3/c1-18(2)16-24(27,20-6-10-22(28-3)11-7-20)23(17-26-12-14-29-15-13-26)19-4-8-21(25)9-5-19/h4-11,18,23,27H,12-17H2,1-3H3/t23-,24-/m1/s1. The third kappa shape index (κ3) is 5.52. The van der Waals surface area contributed by atoms with Crippen LogP contribution in [0.1, 0.15) is 37.3 Å². The van der Waals surface area contributed by atoms with E-state index in [9.17, 15) is 5.11 Å². The summed E-state index contributed by atoms with van der Waals surface area (Å²) in [6, 6.07) is 15.7. The quantitative estimate of drug-likeness (QED) is 0.676. The van der Waals surface area contributed by atoms with Crippen molar-refractivity contribution >= 4 is 11.6 Å². The number of methoxy groups -OCH3 is 1. The Morgan fingerprint density at radius 3 is 2.24 bits per heavy atom. The van der Waals surface area contributed by atoms with Gasteiger partial charge in [0.15, 0.2) is 0 Å². The summed E-state index contributed by atoms with van der Waals surface area (Å²) in [4.78, 5) is 2.39. The van der Waals surface area contributed by atoms with Gasteiger partial charge in [-0.25, -0.2) is 0 Å². The van der Waals surface area contributed by atoms with Crippen molar-refractivity contribution in [2.24, 2.45) is 5.92 Å². The molecule has 1 saturated heterocycles. The third-order valence-electron chi connectivity index (χ3n) is 5.70. The lowest BCUT2D eigenvalue weighted by atomic mass is 9.72. The molecule has 2 aromatic carbocycles. The van der Waals surface area contributed by atoms with Crippen LogP contribution in [0.5, 0.6) is 5.75 Å². The van der Waals surface area contributed by atoms with Crippen LogP contribution in [-0.2, 0) is 10.3 Å². The summed E-state index contributed by atoms with van der Waals surface area (Å²) in [6.07, 6.45) is 0.664. The summed E-state index contributed by atoms with van der Waals surface area (Å²) < 4.78 is 10.9. The van der Waals surface area contributed by atoms with Crippen molar-refractivity contribution in [2.75, 3.05) is 40.0 Å². The molecule has 0 unspecified atom stereocenters. The average molecular weight is 418 g/mol. The van der Waals surface area contributed by atoms with Crippen LogP contribution in [0.3, 0.4) is 0 Å². The largest absolute Gasteiger partial charge is 0.497 e. The molecule has 1 heterocycles. The molecular formula is C24H32ClNO3. The smallest absolute Gasteiger partial charge is 0.118 e. The Hall–Kier alpha value is -1.59. The number of halogens is 1. The van der Waals surface area contributed by atoms with Gasteiger partial charge in [-0.2, -0.15) is 0 Å². The fourth-order valence-corrected chi connectivity index (χ4v) is 4.36. The maximum Gasteiger partial charge on any atom is 0.118 e. The van der Waals surface area contributed by atoms with Crippen LogP contribution in [0.2, 0.25) is 5.02 Å². The highest BCUT2D eigenvalue weighted by Gasteiger charge is 2.41. The minimum absolute atomic E-state index is 0.0892. The first kappa shape index (κ1) is 22.1. The fraction of sp³-hybridized carbons (Fsp3) is 0.500. The second-order valence-electron chi connectivity index (χ2n) is 8.27. The van der Waals surface area contributed by atoms with E-state index in [0.717, 1.165) is 49.7 Å². The van der Waals surface area contributed by atoms with Crippen molar-refractivity contribution in [1.82, 2.24) is 4.90 Å². The Labute approximate surface area is 179 Å². The monoisotopic (exact) mass is 417 g/mol. The van der Waals surface area contributed by atoms with Gasteiger partial charge in [-0.15, -0.1) is 0 Å². The van der Waals surface area contributed by atoms with Gasteiger partial charge in [0.25, 0.3) is 0 Å². The third-order valence-corrected chi connectivity index (χ3v) is 5.95. The lowest BCUT2D eigenvalue weighted by Gasteiger charge is -2.42. The van der Waals surface area contributed by atoms with Gasteiger partial charge in [0.05, 0.1) is 25.9 Å². The maximum atomic E-state index is 12.2. The van der Waals surface area contributed by atoms with Crippen molar-refractivity contribution in [3.8, 4) is 5.75 Å². The second kappa shape index (κ2) is 9.94. The van der Waals surface area contributed by atoms with Gasteiger partial charge in [0.1, 0.15) is 5.75 Å². The zero-order chi connectivity index (χ0) is 20.9. The Morgan fingerprint density at radius 2 is 1.69 bits per heavy atom. The van der Waals surface area contributed by atoms with Crippen LogP contribution in [0.15, 0.2) is 48.5 Å². The number of nitrogens with zero attached hydrogens (tertiary/aromatic N) is 1. The highest BCUT2D eigenvalue weighted by molar-refractivity contribution is 6.30. The van der Waals surface area contributed by atoms with Crippen LogP contribution < -0.4 is 4.74 Å². The Balaban J connectivity index is 2.03. The zero-order valence-corrected chi connectivity index (χ0v) is 18.4. The lowest BCUT2D eigenvalue weighted by Crippen LogP contribution is -2.45. The molecule has 0 bridgehead atoms.